The highest BCUT2D eigenvalue weighted by Crippen LogP contribution is 2.48. The van der Waals surface area contributed by atoms with Crippen LogP contribution in [0.3, 0.4) is 0 Å². The Bertz CT molecular complexity index is 1110. The monoisotopic (exact) mass is 384 g/mol. The van der Waals surface area contributed by atoms with E-state index in [1.807, 2.05) is 45.0 Å². The summed E-state index contributed by atoms with van der Waals surface area (Å²) in [5.41, 5.74) is 3.09. The van der Waals surface area contributed by atoms with Crippen molar-refractivity contribution in [1.82, 2.24) is 0 Å². The molecule has 0 aliphatic carbocycles. The maximum Gasteiger partial charge on any atom is 0.347 e. The van der Waals surface area contributed by atoms with Crippen LogP contribution in [-0.2, 0) is 14.3 Å². The van der Waals surface area contributed by atoms with Gasteiger partial charge in [-0.2, -0.15) is 0 Å². The number of rotatable bonds is 3. The highest BCUT2D eigenvalue weighted by atomic mass is 32.1. The fourth-order valence-electron chi connectivity index (χ4n) is 3.41. The zero-order valence-electron chi connectivity index (χ0n) is 14.8. The third kappa shape index (κ3) is 2.33. The molecule has 4 nitrogen and oxygen atoms in total. The number of aryl methyl sites for hydroxylation is 2. The van der Waals surface area contributed by atoms with Gasteiger partial charge in [0.15, 0.2) is 5.06 Å². The number of methoxy groups -OCH3 is 1. The predicted octanol–water partition coefficient (Wildman–Crippen LogP) is 4.89. The van der Waals surface area contributed by atoms with Gasteiger partial charge >= 0.3 is 11.9 Å². The highest BCUT2D eigenvalue weighted by Gasteiger charge is 2.39. The minimum Gasteiger partial charge on any atom is -0.487 e. The first-order chi connectivity index (χ1) is 12.4. The van der Waals surface area contributed by atoms with Gasteiger partial charge in [-0.25, -0.2) is 9.59 Å². The van der Waals surface area contributed by atoms with E-state index < -0.39 is 11.9 Å². The number of hydrogen-bond acceptors (Lipinski definition) is 6. The van der Waals surface area contributed by atoms with E-state index in [1.165, 1.54) is 11.3 Å². The van der Waals surface area contributed by atoms with Crippen molar-refractivity contribution < 1.29 is 19.1 Å². The Morgan fingerprint density at radius 1 is 0.885 bits per heavy atom. The average Bonchev–Trinajstić information content (AvgIpc) is 3.19. The lowest BCUT2D eigenvalue weighted by Crippen LogP contribution is -2.02. The summed E-state index contributed by atoms with van der Waals surface area (Å²) in [6.07, 6.45) is 0. The zero-order valence-corrected chi connectivity index (χ0v) is 16.4. The minimum atomic E-state index is -0.616. The second kappa shape index (κ2) is 6.07. The quantitative estimate of drug-likeness (QED) is 0.476. The molecule has 2 aromatic heterocycles. The number of cyclic esters (lactones) is 2. The van der Waals surface area contributed by atoms with Crippen LogP contribution in [0.1, 0.15) is 26.4 Å². The standard InChI is InChI=1S/C20H16O4S2/c1-9-10(2)25-11(3)14(9)16-17(19(22)24-18(16)21)15-12-7-5-6-8-13(12)26-20(15)23-4/h5-8H,1-4H3. The Labute approximate surface area is 158 Å². The van der Waals surface area contributed by atoms with Crippen LogP contribution < -0.4 is 4.74 Å². The topological polar surface area (TPSA) is 52.6 Å². The van der Waals surface area contributed by atoms with Crippen LogP contribution in [-0.4, -0.2) is 19.0 Å². The molecular weight excluding hydrogens is 368 g/mol. The first kappa shape index (κ1) is 17.0. The Morgan fingerprint density at radius 2 is 1.54 bits per heavy atom. The molecule has 0 unspecified atom stereocenters. The van der Waals surface area contributed by atoms with Crippen molar-refractivity contribution >= 4 is 55.8 Å². The summed E-state index contributed by atoms with van der Waals surface area (Å²) in [4.78, 5) is 27.4. The second-order valence-electron chi connectivity index (χ2n) is 6.11. The zero-order chi connectivity index (χ0) is 18.6. The van der Waals surface area contributed by atoms with Crippen molar-refractivity contribution in [2.45, 2.75) is 20.8 Å². The molecule has 1 aliphatic heterocycles. The molecule has 0 bridgehead atoms. The first-order valence-electron chi connectivity index (χ1n) is 8.07. The molecule has 3 heterocycles. The molecule has 0 radical (unpaired) electrons. The molecule has 0 saturated heterocycles. The van der Waals surface area contributed by atoms with Gasteiger partial charge < -0.3 is 9.47 Å². The largest absolute Gasteiger partial charge is 0.487 e. The van der Waals surface area contributed by atoms with Crippen LogP contribution in [0.2, 0.25) is 0 Å². The molecule has 4 rings (SSSR count). The lowest BCUT2D eigenvalue weighted by atomic mass is 9.93. The Hall–Kier alpha value is -2.44. The lowest BCUT2D eigenvalue weighted by Gasteiger charge is -2.06. The van der Waals surface area contributed by atoms with Crippen LogP contribution in [0.25, 0.3) is 21.2 Å². The van der Waals surface area contributed by atoms with Gasteiger partial charge in [0.25, 0.3) is 0 Å². The lowest BCUT2D eigenvalue weighted by molar-refractivity contribution is -0.149. The number of esters is 2. The molecule has 0 saturated carbocycles. The minimum absolute atomic E-state index is 0.299. The van der Waals surface area contributed by atoms with Gasteiger partial charge in [-0.1, -0.05) is 29.5 Å². The molecule has 3 aromatic rings. The van der Waals surface area contributed by atoms with Crippen molar-refractivity contribution in [2.24, 2.45) is 0 Å². The molecule has 0 amide bonds. The third-order valence-corrected chi connectivity index (χ3v) is 6.91. The van der Waals surface area contributed by atoms with E-state index in [-0.39, 0.29) is 0 Å². The van der Waals surface area contributed by atoms with E-state index in [0.717, 1.165) is 31.0 Å². The van der Waals surface area contributed by atoms with Crippen LogP contribution >= 0.6 is 22.7 Å². The van der Waals surface area contributed by atoms with E-state index >= 15 is 0 Å². The summed E-state index contributed by atoms with van der Waals surface area (Å²) < 4.78 is 11.6. The van der Waals surface area contributed by atoms with Gasteiger partial charge in [-0.05, 0) is 32.4 Å². The number of ether oxygens (including phenoxy) is 2. The van der Waals surface area contributed by atoms with Crippen LogP contribution in [0.5, 0.6) is 5.06 Å². The number of thiophene rings is 2. The van der Waals surface area contributed by atoms with Crippen molar-refractivity contribution in [3.8, 4) is 5.06 Å². The fourth-order valence-corrected chi connectivity index (χ4v) is 5.50. The molecule has 0 fully saturated rings. The van der Waals surface area contributed by atoms with Crippen molar-refractivity contribution in [2.75, 3.05) is 7.11 Å². The van der Waals surface area contributed by atoms with Gasteiger partial charge in [0.2, 0.25) is 0 Å². The second-order valence-corrected chi connectivity index (χ2v) is 8.55. The maximum absolute atomic E-state index is 12.7. The summed E-state index contributed by atoms with van der Waals surface area (Å²) >= 11 is 3.07. The molecule has 26 heavy (non-hydrogen) atoms. The number of carbonyl (C=O) groups excluding carboxylic acids is 2. The summed E-state index contributed by atoms with van der Waals surface area (Å²) in [5, 5.41) is 1.49. The molecule has 132 valence electrons. The Morgan fingerprint density at radius 3 is 2.15 bits per heavy atom. The summed E-state index contributed by atoms with van der Waals surface area (Å²) in [5.74, 6) is -1.21. The fraction of sp³-hybridized carbons (Fsp3) is 0.200. The van der Waals surface area contributed by atoms with Crippen molar-refractivity contribution in [1.29, 1.82) is 0 Å². The Balaban J connectivity index is 2.12. The van der Waals surface area contributed by atoms with Crippen molar-refractivity contribution in [3.05, 3.63) is 50.7 Å². The third-order valence-electron chi connectivity index (χ3n) is 4.65. The average molecular weight is 384 g/mol. The molecule has 0 N–H and O–H groups in total. The van der Waals surface area contributed by atoms with Crippen LogP contribution in [0.4, 0.5) is 0 Å². The summed E-state index contributed by atoms with van der Waals surface area (Å²) in [6.45, 7) is 5.95. The van der Waals surface area contributed by atoms with Gasteiger partial charge in [-0.15, -0.1) is 11.3 Å². The number of carbonyl (C=O) groups is 2. The van der Waals surface area contributed by atoms with E-state index in [4.69, 9.17) is 9.47 Å². The van der Waals surface area contributed by atoms with Gasteiger partial charge in [-0.3, -0.25) is 0 Å². The van der Waals surface area contributed by atoms with E-state index in [1.54, 1.807) is 18.4 Å². The Kier molecular flexibility index (Phi) is 3.97. The normalized spacial score (nSPS) is 14.5. The van der Waals surface area contributed by atoms with Crippen molar-refractivity contribution in [3.63, 3.8) is 0 Å². The SMILES string of the molecule is COc1sc2ccccc2c1C1=C(c2c(C)sc(C)c2C)C(=O)OC1=O. The molecule has 1 aliphatic rings. The number of benzene rings is 1. The summed E-state index contributed by atoms with van der Waals surface area (Å²) in [7, 11) is 1.57. The molecule has 0 atom stereocenters. The van der Waals surface area contributed by atoms with E-state index in [2.05, 4.69) is 0 Å². The smallest absolute Gasteiger partial charge is 0.347 e. The van der Waals surface area contributed by atoms with E-state index in [0.29, 0.717) is 21.8 Å². The first-order valence-corrected chi connectivity index (χ1v) is 9.71. The molecular formula is C20H16O4S2. The molecule has 0 spiro atoms. The number of hydrogen-bond donors (Lipinski definition) is 0. The van der Waals surface area contributed by atoms with Gasteiger partial charge in [0.05, 0.1) is 23.8 Å². The van der Waals surface area contributed by atoms with Gasteiger partial charge in [0, 0.05) is 25.4 Å². The molecule has 6 heteroatoms. The maximum atomic E-state index is 12.7. The van der Waals surface area contributed by atoms with Gasteiger partial charge in [0.1, 0.15) is 0 Å². The summed E-state index contributed by atoms with van der Waals surface area (Å²) in [6, 6.07) is 7.75. The van der Waals surface area contributed by atoms with E-state index in [9.17, 15) is 9.59 Å². The van der Waals surface area contributed by atoms with Crippen LogP contribution in [0.15, 0.2) is 24.3 Å². The predicted molar refractivity (Wildman–Crippen MR) is 105 cm³/mol. The highest BCUT2D eigenvalue weighted by molar-refractivity contribution is 7.21. The molecule has 1 aromatic carbocycles. The van der Waals surface area contributed by atoms with Crippen LogP contribution in [0, 0.1) is 20.8 Å². The number of fused-ring (bicyclic) bond motifs is 1.